The van der Waals surface area contributed by atoms with Crippen molar-refractivity contribution in [2.45, 2.75) is 38.3 Å². The van der Waals surface area contributed by atoms with Crippen LogP contribution in [-0.4, -0.2) is 65.2 Å². The number of hydrogen-bond donors (Lipinski definition) is 1. The van der Waals surface area contributed by atoms with E-state index in [1.165, 1.54) is 6.07 Å². The molecule has 2 aromatic rings. The first kappa shape index (κ1) is 20.9. The average molecular weight is 444 g/mol. The van der Waals surface area contributed by atoms with Gasteiger partial charge in [-0.25, -0.2) is 8.78 Å². The summed E-state index contributed by atoms with van der Waals surface area (Å²) in [6, 6.07) is 5.21. The monoisotopic (exact) mass is 444 g/mol. The number of alkyl halides is 2. The topological polar surface area (TPSA) is 75.0 Å². The van der Waals surface area contributed by atoms with Crippen molar-refractivity contribution in [1.29, 1.82) is 0 Å². The molecule has 1 amide bonds. The summed E-state index contributed by atoms with van der Waals surface area (Å²) in [6.45, 7) is 4.43. The van der Waals surface area contributed by atoms with Crippen molar-refractivity contribution in [1.82, 2.24) is 19.7 Å². The third kappa shape index (κ3) is 3.72. The fourth-order valence-electron chi connectivity index (χ4n) is 4.55. The largest absolute Gasteiger partial charge is 0.377 e. The maximum atomic E-state index is 13.9. The molecule has 1 aromatic heterocycles. The van der Waals surface area contributed by atoms with E-state index in [-0.39, 0.29) is 23.4 Å². The Morgan fingerprint density at radius 2 is 2.12 bits per heavy atom. The van der Waals surface area contributed by atoms with E-state index in [0.29, 0.717) is 56.3 Å². The standard InChI is InChI=1S/C22H26F2N6O2/c1-13(31)29-6-5-20-19(10-29)22(27-30(20)16-11-32-12-16)26-15-3-4-17(18(7-15)21(23)24)14-8-25-28(2)9-14/h3-4,7-8,14,16,21H,5-6,9-12H2,1-2H3,(H,26,27). The molecule has 3 aliphatic heterocycles. The number of anilines is 2. The van der Waals surface area contributed by atoms with Crippen molar-refractivity contribution in [2.24, 2.45) is 5.10 Å². The van der Waals surface area contributed by atoms with Gasteiger partial charge in [-0.3, -0.25) is 14.5 Å². The molecule has 1 fully saturated rings. The number of nitrogens with zero attached hydrogens (tertiary/aromatic N) is 5. The predicted octanol–water partition coefficient (Wildman–Crippen LogP) is 3.06. The number of ether oxygens (including phenoxy) is 1. The van der Waals surface area contributed by atoms with Crippen LogP contribution in [0.2, 0.25) is 0 Å². The molecule has 0 spiro atoms. The highest BCUT2D eigenvalue weighted by atomic mass is 19.3. The molecule has 8 nitrogen and oxygen atoms in total. The van der Waals surface area contributed by atoms with E-state index < -0.39 is 6.43 Å². The van der Waals surface area contributed by atoms with Gasteiger partial charge in [0.2, 0.25) is 5.91 Å². The number of halogens is 2. The highest BCUT2D eigenvalue weighted by Crippen LogP contribution is 2.35. The first-order valence-corrected chi connectivity index (χ1v) is 10.8. The van der Waals surface area contributed by atoms with E-state index >= 15 is 0 Å². The van der Waals surface area contributed by atoms with Crippen LogP contribution in [0.25, 0.3) is 0 Å². The highest BCUT2D eigenvalue weighted by molar-refractivity contribution is 5.75. The number of amides is 1. The first-order chi connectivity index (χ1) is 15.4. The number of aromatic nitrogens is 2. The Hall–Kier alpha value is -3.01. The normalized spacial score (nSPS) is 20.6. The number of hydrogen-bond acceptors (Lipinski definition) is 6. The molecule has 5 rings (SSSR count). The van der Waals surface area contributed by atoms with Crippen LogP contribution in [-0.2, 0) is 22.5 Å². The van der Waals surface area contributed by atoms with Crippen LogP contribution in [0.3, 0.4) is 0 Å². The molecule has 10 heteroatoms. The molecule has 1 unspecified atom stereocenters. The van der Waals surface area contributed by atoms with Crippen LogP contribution in [0.15, 0.2) is 23.3 Å². The molecule has 1 atom stereocenters. The SMILES string of the molecule is CC(=O)N1CCc2c(c(Nc3ccc(C4C=NN(C)C4)c(C(F)F)c3)nn2C2COC2)C1. The molecule has 1 N–H and O–H groups in total. The molecular weight excluding hydrogens is 418 g/mol. The molecule has 170 valence electrons. The molecule has 32 heavy (non-hydrogen) atoms. The molecule has 1 saturated heterocycles. The van der Waals surface area contributed by atoms with Gasteiger partial charge in [0, 0.05) is 68.1 Å². The Labute approximate surface area is 184 Å². The van der Waals surface area contributed by atoms with E-state index in [0.717, 1.165) is 11.3 Å². The second kappa shape index (κ2) is 8.16. The summed E-state index contributed by atoms with van der Waals surface area (Å²) < 4.78 is 35.1. The zero-order valence-corrected chi connectivity index (χ0v) is 18.1. The number of hydrazone groups is 1. The van der Waals surface area contributed by atoms with Crippen molar-refractivity contribution < 1.29 is 18.3 Å². The maximum absolute atomic E-state index is 13.9. The van der Waals surface area contributed by atoms with Crippen LogP contribution >= 0.6 is 0 Å². The maximum Gasteiger partial charge on any atom is 0.264 e. The minimum Gasteiger partial charge on any atom is -0.377 e. The zero-order valence-electron chi connectivity index (χ0n) is 18.1. The molecule has 3 aliphatic rings. The third-order valence-corrected chi connectivity index (χ3v) is 6.39. The van der Waals surface area contributed by atoms with Gasteiger partial charge in [-0.2, -0.15) is 10.2 Å². The Kier molecular flexibility index (Phi) is 5.32. The van der Waals surface area contributed by atoms with Gasteiger partial charge >= 0.3 is 0 Å². The summed E-state index contributed by atoms with van der Waals surface area (Å²) in [5.74, 6) is 0.453. The quantitative estimate of drug-likeness (QED) is 0.767. The van der Waals surface area contributed by atoms with Crippen molar-refractivity contribution in [2.75, 3.05) is 38.7 Å². The number of benzene rings is 1. The van der Waals surface area contributed by atoms with Crippen molar-refractivity contribution in [3.63, 3.8) is 0 Å². The van der Waals surface area contributed by atoms with Crippen LogP contribution in [0.4, 0.5) is 20.3 Å². The number of fused-ring (bicyclic) bond motifs is 1. The zero-order chi connectivity index (χ0) is 22.4. The third-order valence-electron chi connectivity index (χ3n) is 6.39. The average Bonchev–Trinajstić information content (AvgIpc) is 3.30. The van der Waals surface area contributed by atoms with Gasteiger partial charge in [0.15, 0.2) is 5.82 Å². The molecule has 0 saturated carbocycles. The fraction of sp³-hybridized carbons (Fsp3) is 0.500. The number of carbonyl (C=O) groups excluding carboxylic acids is 1. The lowest BCUT2D eigenvalue weighted by molar-refractivity contribution is -0.129. The van der Waals surface area contributed by atoms with E-state index in [4.69, 9.17) is 9.84 Å². The highest BCUT2D eigenvalue weighted by Gasteiger charge is 2.32. The van der Waals surface area contributed by atoms with Crippen LogP contribution in [0.5, 0.6) is 0 Å². The molecule has 4 heterocycles. The minimum absolute atomic E-state index is 0.00666. The van der Waals surface area contributed by atoms with E-state index in [9.17, 15) is 13.6 Å². The summed E-state index contributed by atoms with van der Waals surface area (Å²) in [7, 11) is 1.82. The Morgan fingerprint density at radius 3 is 2.75 bits per heavy atom. The molecule has 0 radical (unpaired) electrons. The molecular formula is C22H26F2N6O2. The molecule has 0 bridgehead atoms. The summed E-state index contributed by atoms with van der Waals surface area (Å²) in [4.78, 5) is 13.7. The van der Waals surface area contributed by atoms with Crippen molar-refractivity contribution >= 4 is 23.6 Å². The number of rotatable bonds is 5. The van der Waals surface area contributed by atoms with Crippen LogP contribution in [0, 0.1) is 0 Å². The molecule has 1 aromatic carbocycles. The lowest BCUT2D eigenvalue weighted by Gasteiger charge is -2.31. The van der Waals surface area contributed by atoms with Crippen molar-refractivity contribution in [3.05, 3.63) is 40.6 Å². The summed E-state index contributed by atoms with van der Waals surface area (Å²) >= 11 is 0. The smallest absolute Gasteiger partial charge is 0.264 e. The Balaban J connectivity index is 1.47. The summed E-state index contributed by atoms with van der Waals surface area (Å²) in [5, 5.41) is 13.9. The predicted molar refractivity (Wildman–Crippen MR) is 115 cm³/mol. The van der Waals surface area contributed by atoms with Crippen molar-refractivity contribution in [3.8, 4) is 0 Å². The number of carbonyl (C=O) groups is 1. The van der Waals surface area contributed by atoms with Crippen LogP contribution in [0.1, 0.15) is 47.7 Å². The van der Waals surface area contributed by atoms with Gasteiger partial charge in [0.25, 0.3) is 6.43 Å². The molecule has 0 aliphatic carbocycles. The number of likely N-dealkylation sites (N-methyl/N-ethyl adjacent to an activating group) is 1. The minimum atomic E-state index is -2.60. The first-order valence-electron chi connectivity index (χ1n) is 10.8. The van der Waals surface area contributed by atoms with Gasteiger partial charge in [-0.1, -0.05) is 6.07 Å². The van der Waals surface area contributed by atoms with Gasteiger partial charge in [-0.15, -0.1) is 0 Å². The van der Waals surface area contributed by atoms with Gasteiger partial charge < -0.3 is 15.0 Å². The summed E-state index contributed by atoms with van der Waals surface area (Å²) in [5.41, 5.74) is 3.14. The van der Waals surface area contributed by atoms with Gasteiger partial charge in [0.05, 0.1) is 25.8 Å². The number of nitrogens with one attached hydrogen (secondary N) is 1. The van der Waals surface area contributed by atoms with E-state index in [1.54, 1.807) is 35.2 Å². The van der Waals surface area contributed by atoms with E-state index in [1.807, 2.05) is 11.7 Å². The van der Waals surface area contributed by atoms with E-state index in [2.05, 4.69) is 10.4 Å². The lowest BCUT2D eigenvalue weighted by atomic mass is 9.95. The van der Waals surface area contributed by atoms with Crippen LogP contribution < -0.4 is 5.32 Å². The van der Waals surface area contributed by atoms with Gasteiger partial charge in [-0.05, 0) is 17.7 Å². The van der Waals surface area contributed by atoms with Gasteiger partial charge in [0.1, 0.15) is 0 Å². The Bertz CT molecular complexity index is 1060. The fourth-order valence-corrected chi connectivity index (χ4v) is 4.55. The second-order valence-corrected chi connectivity index (χ2v) is 8.58. The lowest BCUT2D eigenvalue weighted by Crippen LogP contribution is -2.37. The summed E-state index contributed by atoms with van der Waals surface area (Å²) in [6.07, 6.45) is -0.183. The Morgan fingerprint density at radius 1 is 1.31 bits per heavy atom. The second-order valence-electron chi connectivity index (χ2n) is 8.58.